The second-order valence-electron chi connectivity index (χ2n) is 6.05. The first-order chi connectivity index (χ1) is 10.7. The van der Waals surface area contributed by atoms with Gasteiger partial charge in [-0.1, -0.05) is 37.1 Å². The second kappa shape index (κ2) is 6.32. The molecule has 1 saturated carbocycles. The van der Waals surface area contributed by atoms with E-state index in [2.05, 4.69) is 16.4 Å². The highest BCUT2D eigenvalue weighted by Gasteiger charge is 2.36. The van der Waals surface area contributed by atoms with Crippen LogP contribution in [0.3, 0.4) is 0 Å². The van der Waals surface area contributed by atoms with E-state index in [1.807, 2.05) is 29.0 Å². The number of hydrogen-bond acceptors (Lipinski definition) is 3. The highest BCUT2D eigenvalue weighted by atomic mass is 16.2. The number of aromatic nitrogens is 2. The van der Waals surface area contributed by atoms with Crippen LogP contribution < -0.4 is 11.1 Å². The number of amides is 1. The van der Waals surface area contributed by atoms with Crippen molar-refractivity contribution in [2.75, 3.05) is 0 Å². The summed E-state index contributed by atoms with van der Waals surface area (Å²) in [6.07, 6.45) is 9.15. The molecular formula is C17H22N4O. The maximum absolute atomic E-state index is 12.3. The van der Waals surface area contributed by atoms with Crippen LogP contribution in [0.2, 0.25) is 0 Å². The summed E-state index contributed by atoms with van der Waals surface area (Å²) in [4.78, 5) is 16.4. The third kappa shape index (κ3) is 3.20. The van der Waals surface area contributed by atoms with E-state index in [4.69, 9.17) is 5.73 Å². The van der Waals surface area contributed by atoms with Gasteiger partial charge >= 0.3 is 0 Å². The van der Waals surface area contributed by atoms with Crippen molar-refractivity contribution in [1.82, 2.24) is 14.9 Å². The van der Waals surface area contributed by atoms with Crippen molar-refractivity contribution in [1.29, 1.82) is 0 Å². The second-order valence-corrected chi connectivity index (χ2v) is 6.05. The number of rotatable bonds is 5. The van der Waals surface area contributed by atoms with E-state index in [0.717, 1.165) is 37.8 Å². The molecule has 0 unspecified atom stereocenters. The van der Waals surface area contributed by atoms with Gasteiger partial charge in [0.15, 0.2) is 0 Å². The molecule has 5 heteroatoms. The first-order valence-electron chi connectivity index (χ1n) is 7.77. The Bertz CT molecular complexity index is 630. The molecule has 0 radical (unpaired) electrons. The van der Waals surface area contributed by atoms with Gasteiger partial charge in [0, 0.05) is 25.5 Å². The third-order valence-corrected chi connectivity index (χ3v) is 4.42. The molecule has 0 spiro atoms. The fraction of sp³-hybridized carbons (Fsp3) is 0.412. The predicted octanol–water partition coefficient (Wildman–Crippen LogP) is 1.82. The Balaban J connectivity index is 1.66. The first-order valence-corrected chi connectivity index (χ1v) is 7.77. The first kappa shape index (κ1) is 14.8. The minimum atomic E-state index is -0.667. The minimum absolute atomic E-state index is 0.0255. The zero-order valence-electron chi connectivity index (χ0n) is 12.7. The molecule has 3 N–H and O–H groups in total. The number of benzene rings is 1. The van der Waals surface area contributed by atoms with E-state index >= 15 is 0 Å². The van der Waals surface area contributed by atoms with Gasteiger partial charge < -0.3 is 15.6 Å². The Hall–Kier alpha value is -2.14. The number of nitrogens with two attached hydrogens (primary N) is 1. The fourth-order valence-corrected chi connectivity index (χ4v) is 3.05. The average Bonchev–Trinajstić information content (AvgIpc) is 3.18. The Morgan fingerprint density at radius 2 is 2.00 bits per heavy atom. The zero-order chi connectivity index (χ0) is 15.4. The number of nitrogens with zero attached hydrogens (tertiary/aromatic N) is 2. The van der Waals surface area contributed by atoms with E-state index in [-0.39, 0.29) is 5.91 Å². The Morgan fingerprint density at radius 3 is 2.68 bits per heavy atom. The topological polar surface area (TPSA) is 72.9 Å². The van der Waals surface area contributed by atoms with E-state index < -0.39 is 5.54 Å². The molecule has 22 heavy (non-hydrogen) atoms. The lowest BCUT2D eigenvalue weighted by Gasteiger charge is -2.22. The van der Waals surface area contributed by atoms with Crippen molar-refractivity contribution in [3.8, 4) is 0 Å². The van der Waals surface area contributed by atoms with Crippen molar-refractivity contribution < 1.29 is 4.79 Å². The van der Waals surface area contributed by atoms with E-state index in [0.29, 0.717) is 6.54 Å². The van der Waals surface area contributed by atoms with Crippen LogP contribution in [-0.2, 0) is 17.9 Å². The number of carbonyl (C=O) groups is 1. The maximum Gasteiger partial charge on any atom is 0.240 e. The molecule has 116 valence electrons. The third-order valence-electron chi connectivity index (χ3n) is 4.42. The summed E-state index contributed by atoms with van der Waals surface area (Å²) in [7, 11) is 0. The van der Waals surface area contributed by atoms with Crippen molar-refractivity contribution >= 4 is 5.91 Å². The number of hydrogen-bond donors (Lipinski definition) is 2. The quantitative estimate of drug-likeness (QED) is 0.884. The molecule has 0 saturated heterocycles. The van der Waals surface area contributed by atoms with Crippen molar-refractivity contribution in [2.24, 2.45) is 5.73 Å². The number of nitrogens with one attached hydrogen (secondary N) is 1. The van der Waals surface area contributed by atoms with Crippen molar-refractivity contribution in [2.45, 2.75) is 44.3 Å². The summed E-state index contributed by atoms with van der Waals surface area (Å²) in [6.45, 7) is 1.27. The van der Waals surface area contributed by atoms with Crippen LogP contribution in [0.5, 0.6) is 0 Å². The van der Waals surface area contributed by atoms with Crippen molar-refractivity contribution in [3.63, 3.8) is 0 Å². The van der Waals surface area contributed by atoms with Gasteiger partial charge in [-0.15, -0.1) is 0 Å². The summed E-state index contributed by atoms with van der Waals surface area (Å²) in [5.41, 5.74) is 7.82. The van der Waals surface area contributed by atoms with Crippen molar-refractivity contribution in [3.05, 3.63) is 54.1 Å². The molecule has 0 atom stereocenters. The van der Waals surface area contributed by atoms with Crippen LogP contribution in [0.15, 0.2) is 43.0 Å². The average molecular weight is 298 g/mol. The molecule has 1 aromatic heterocycles. The Labute approximate surface area is 130 Å². The molecular weight excluding hydrogens is 276 g/mol. The van der Waals surface area contributed by atoms with Gasteiger partial charge in [0.2, 0.25) is 5.91 Å². The Kier molecular flexibility index (Phi) is 4.24. The lowest BCUT2D eigenvalue weighted by molar-refractivity contribution is -0.126. The summed E-state index contributed by atoms with van der Waals surface area (Å²) < 4.78 is 2.02. The van der Waals surface area contributed by atoms with Gasteiger partial charge in [-0.05, 0) is 24.0 Å². The lowest BCUT2D eigenvalue weighted by atomic mass is 9.98. The predicted molar refractivity (Wildman–Crippen MR) is 85.0 cm³/mol. The van der Waals surface area contributed by atoms with Gasteiger partial charge in [-0.3, -0.25) is 4.79 Å². The monoisotopic (exact) mass is 298 g/mol. The van der Waals surface area contributed by atoms with E-state index in [1.165, 1.54) is 5.56 Å². The summed E-state index contributed by atoms with van der Waals surface area (Å²) in [6, 6.07) is 8.13. The number of carbonyl (C=O) groups excluding carboxylic acids is 1. The maximum atomic E-state index is 12.3. The minimum Gasteiger partial charge on any atom is -0.350 e. The van der Waals surface area contributed by atoms with Crippen LogP contribution in [-0.4, -0.2) is 21.0 Å². The summed E-state index contributed by atoms with van der Waals surface area (Å²) in [5.74, 6) is -0.0255. The largest absolute Gasteiger partial charge is 0.350 e. The molecule has 1 heterocycles. The molecule has 1 aliphatic rings. The molecule has 0 aliphatic heterocycles. The number of imidazole rings is 1. The normalized spacial score (nSPS) is 16.6. The fourth-order valence-electron chi connectivity index (χ4n) is 3.05. The van der Waals surface area contributed by atoms with Gasteiger partial charge in [0.1, 0.15) is 0 Å². The highest BCUT2D eigenvalue weighted by Crippen LogP contribution is 2.27. The summed E-state index contributed by atoms with van der Waals surface area (Å²) in [5, 5.41) is 3.01. The zero-order valence-corrected chi connectivity index (χ0v) is 12.7. The van der Waals surface area contributed by atoms with Gasteiger partial charge in [0.25, 0.3) is 0 Å². The van der Waals surface area contributed by atoms with E-state index in [1.54, 1.807) is 12.5 Å². The van der Waals surface area contributed by atoms with Gasteiger partial charge in [-0.2, -0.15) is 0 Å². The van der Waals surface area contributed by atoms with Crippen LogP contribution in [0.4, 0.5) is 0 Å². The molecule has 1 aromatic carbocycles. The summed E-state index contributed by atoms with van der Waals surface area (Å²) >= 11 is 0. The van der Waals surface area contributed by atoms with Crippen LogP contribution >= 0.6 is 0 Å². The molecule has 1 aliphatic carbocycles. The van der Waals surface area contributed by atoms with Gasteiger partial charge in [-0.25, -0.2) is 4.98 Å². The standard InChI is InChI=1S/C17H22N4O/c18-17(7-3-4-8-17)16(22)20-11-14-5-1-2-6-15(14)12-21-10-9-19-13-21/h1-2,5-6,9-10,13H,3-4,7-8,11-12,18H2,(H,20,22). The molecule has 2 aromatic rings. The Morgan fingerprint density at radius 1 is 1.27 bits per heavy atom. The lowest BCUT2D eigenvalue weighted by Crippen LogP contribution is -2.51. The van der Waals surface area contributed by atoms with E-state index in [9.17, 15) is 4.79 Å². The smallest absolute Gasteiger partial charge is 0.240 e. The highest BCUT2D eigenvalue weighted by molar-refractivity contribution is 5.86. The molecule has 1 fully saturated rings. The van der Waals surface area contributed by atoms with Crippen LogP contribution in [0, 0.1) is 0 Å². The molecule has 5 nitrogen and oxygen atoms in total. The van der Waals surface area contributed by atoms with Gasteiger partial charge in [0.05, 0.1) is 11.9 Å². The molecule has 3 rings (SSSR count). The SMILES string of the molecule is NC1(C(=O)NCc2ccccc2Cn2ccnc2)CCCC1. The van der Waals surface area contributed by atoms with Crippen LogP contribution in [0.25, 0.3) is 0 Å². The molecule has 0 bridgehead atoms. The molecule has 1 amide bonds. The van der Waals surface area contributed by atoms with Crippen LogP contribution in [0.1, 0.15) is 36.8 Å².